The highest BCUT2D eigenvalue weighted by Crippen LogP contribution is 2.07. The van der Waals surface area contributed by atoms with Crippen molar-refractivity contribution >= 4 is 29.7 Å². The van der Waals surface area contributed by atoms with Gasteiger partial charge in [0.2, 0.25) is 5.91 Å². The maximum absolute atomic E-state index is 12.0. The number of esters is 1. The van der Waals surface area contributed by atoms with Crippen molar-refractivity contribution in [3.8, 4) is 0 Å². The van der Waals surface area contributed by atoms with Crippen molar-refractivity contribution in [2.45, 2.75) is 33.6 Å². The third-order valence-electron chi connectivity index (χ3n) is 4.08. The lowest BCUT2D eigenvalue weighted by atomic mass is 10.1. The van der Waals surface area contributed by atoms with Gasteiger partial charge in [-0.2, -0.15) is 11.8 Å². The first kappa shape index (κ1) is 26.5. The molecule has 2 atom stereocenters. The second-order valence-corrected chi connectivity index (χ2v) is 8.23. The smallest absolute Gasteiger partial charge is 0.314 e. The van der Waals surface area contributed by atoms with Crippen LogP contribution in [0.15, 0.2) is 0 Å². The summed E-state index contributed by atoms with van der Waals surface area (Å²) in [7, 11) is 4.02. The molecule has 0 aliphatic carbocycles. The molecule has 3 amide bonds. The molecule has 164 valence electrons. The van der Waals surface area contributed by atoms with E-state index in [1.54, 1.807) is 11.8 Å². The summed E-state index contributed by atoms with van der Waals surface area (Å²) in [6.07, 6.45) is 1.68. The molecular weight excluding hydrogens is 380 g/mol. The van der Waals surface area contributed by atoms with E-state index in [1.165, 1.54) is 0 Å². The van der Waals surface area contributed by atoms with E-state index in [9.17, 15) is 14.4 Å². The van der Waals surface area contributed by atoms with Crippen molar-refractivity contribution in [3.63, 3.8) is 0 Å². The molecule has 0 saturated heterocycles. The SMILES string of the molecule is CCC(C)C(=O)OCCNC(=O)NCCSCC(C)C(=O)NCCCN(C)C. The number of amides is 3. The largest absolute Gasteiger partial charge is 0.464 e. The summed E-state index contributed by atoms with van der Waals surface area (Å²) in [4.78, 5) is 37.2. The fraction of sp³-hybridized carbons (Fsp3) is 0.842. The van der Waals surface area contributed by atoms with E-state index >= 15 is 0 Å². The van der Waals surface area contributed by atoms with Gasteiger partial charge in [0.15, 0.2) is 0 Å². The third kappa shape index (κ3) is 14.6. The number of carbonyl (C=O) groups excluding carboxylic acids is 3. The second kappa shape index (κ2) is 16.5. The van der Waals surface area contributed by atoms with E-state index in [0.29, 0.717) is 18.8 Å². The van der Waals surface area contributed by atoms with E-state index in [0.717, 1.165) is 25.1 Å². The zero-order valence-electron chi connectivity index (χ0n) is 18.0. The van der Waals surface area contributed by atoms with Crippen LogP contribution in [0, 0.1) is 11.8 Å². The predicted molar refractivity (Wildman–Crippen MR) is 114 cm³/mol. The Morgan fingerprint density at radius 3 is 2.32 bits per heavy atom. The molecule has 0 aliphatic rings. The molecule has 28 heavy (non-hydrogen) atoms. The van der Waals surface area contributed by atoms with Crippen molar-refractivity contribution in [2.75, 3.05) is 58.4 Å². The minimum Gasteiger partial charge on any atom is -0.464 e. The summed E-state index contributed by atoms with van der Waals surface area (Å²) < 4.78 is 5.06. The molecule has 0 aliphatic heterocycles. The Kier molecular flexibility index (Phi) is 15.6. The van der Waals surface area contributed by atoms with Gasteiger partial charge in [-0.15, -0.1) is 0 Å². The Labute approximate surface area is 173 Å². The Morgan fingerprint density at radius 1 is 1.00 bits per heavy atom. The van der Waals surface area contributed by atoms with Crippen LogP contribution in [0.1, 0.15) is 33.6 Å². The summed E-state index contributed by atoms with van der Waals surface area (Å²) in [5, 5.41) is 8.34. The van der Waals surface area contributed by atoms with Crippen LogP contribution < -0.4 is 16.0 Å². The van der Waals surface area contributed by atoms with Gasteiger partial charge < -0.3 is 25.6 Å². The molecule has 3 N–H and O–H groups in total. The topological polar surface area (TPSA) is 99.8 Å². The van der Waals surface area contributed by atoms with Gasteiger partial charge in [0.1, 0.15) is 6.61 Å². The lowest BCUT2D eigenvalue weighted by molar-refractivity contribution is -0.147. The third-order valence-corrected chi connectivity index (χ3v) is 5.30. The molecule has 0 bridgehead atoms. The summed E-state index contributed by atoms with van der Waals surface area (Å²) in [5.74, 6) is 1.11. The van der Waals surface area contributed by atoms with Gasteiger partial charge in [-0.05, 0) is 33.5 Å². The fourth-order valence-electron chi connectivity index (χ4n) is 2.04. The second-order valence-electron chi connectivity index (χ2n) is 7.08. The summed E-state index contributed by atoms with van der Waals surface area (Å²) in [6, 6.07) is -0.285. The maximum atomic E-state index is 12.0. The Hall–Kier alpha value is -1.48. The average molecular weight is 419 g/mol. The van der Waals surface area contributed by atoms with Crippen molar-refractivity contribution < 1.29 is 19.1 Å². The van der Waals surface area contributed by atoms with Crippen molar-refractivity contribution in [2.24, 2.45) is 11.8 Å². The number of urea groups is 1. The molecular formula is C19H38N4O4S. The number of nitrogens with zero attached hydrogens (tertiary/aromatic N) is 1. The first-order chi connectivity index (χ1) is 13.3. The van der Waals surface area contributed by atoms with Gasteiger partial charge >= 0.3 is 12.0 Å². The van der Waals surface area contributed by atoms with Crippen LogP contribution in [-0.4, -0.2) is 81.2 Å². The fourth-order valence-corrected chi connectivity index (χ4v) is 2.96. The maximum Gasteiger partial charge on any atom is 0.314 e. The van der Waals surface area contributed by atoms with Gasteiger partial charge in [0.05, 0.1) is 12.5 Å². The average Bonchev–Trinajstić information content (AvgIpc) is 2.66. The highest BCUT2D eigenvalue weighted by molar-refractivity contribution is 7.99. The van der Waals surface area contributed by atoms with E-state index < -0.39 is 0 Å². The Morgan fingerprint density at radius 2 is 1.68 bits per heavy atom. The van der Waals surface area contributed by atoms with Crippen LogP contribution in [0.25, 0.3) is 0 Å². The van der Waals surface area contributed by atoms with Crippen molar-refractivity contribution in [1.82, 2.24) is 20.9 Å². The van der Waals surface area contributed by atoms with Crippen molar-refractivity contribution in [1.29, 1.82) is 0 Å². The van der Waals surface area contributed by atoms with Gasteiger partial charge in [-0.3, -0.25) is 9.59 Å². The van der Waals surface area contributed by atoms with Gasteiger partial charge in [-0.1, -0.05) is 20.8 Å². The highest BCUT2D eigenvalue weighted by atomic mass is 32.2. The van der Waals surface area contributed by atoms with Gasteiger partial charge in [0.25, 0.3) is 0 Å². The molecule has 0 radical (unpaired) electrons. The standard InChI is InChI=1S/C19H38N4O4S/c1-6-15(2)18(25)27-12-9-21-19(26)22-10-13-28-14-16(3)17(24)20-8-7-11-23(4)5/h15-16H,6-14H2,1-5H3,(H,20,24)(H2,21,22,26). The normalized spacial score (nSPS) is 12.9. The van der Waals surface area contributed by atoms with Gasteiger partial charge in [-0.25, -0.2) is 4.79 Å². The molecule has 0 saturated carbocycles. The molecule has 0 rings (SSSR count). The van der Waals surface area contributed by atoms with E-state index in [2.05, 4.69) is 20.9 Å². The Balaban J connectivity index is 3.61. The monoisotopic (exact) mass is 418 g/mol. The number of nitrogens with one attached hydrogen (secondary N) is 3. The lowest BCUT2D eigenvalue weighted by Gasteiger charge is -2.13. The first-order valence-corrected chi connectivity index (χ1v) is 11.1. The number of rotatable bonds is 15. The molecule has 0 spiro atoms. The van der Waals surface area contributed by atoms with Crippen LogP contribution in [0.3, 0.4) is 0 Å². The molecule has 9 heteroatoms. The highest BCUT2D eigenvalue weighted by Gasteiger charge is 2.13. The summed E-state index contributed by atoms with van der Waals surface area (Å²) in [5.41, 5.74) is 0. The van der Waals surface area contributed by atoms with Gasteiger partial charge in [0, 0.05) is 30.5 Å². The van der Waals surface area contributed by atoms with Crippen LogP contribution in [0.2, 0.25) is 0 Å². The number of hydrogen-bond acceptors (Lipinski definition) is 6. The minimum atomic E-state index is -0.285. The zero-order valence-corrected chi connectivity index (χ0v) is 18.8. The summed E-state index contributed by atoms with van der Waals surface area (Å²) >= 11 is 1.63. The number of thioether (sulfide) groups is 1. The Bertz CT molecular complexity index is 463. The molecule has 0 heterocycles. The quantitative estimate of drug-likeness (QED) is 0.274. The number of carbonyl (C=O) groups is 3. The number of ether oxygens (including phenoxy) is 1. The zero-order chi connectivity index (χ0) is 21.4. The van der Waals surface area contributed by atoms with Crippen LogP contribution in [0.5, 0.6) is 0 Å². The summed E-state index contributed by atoms with van der Waals surface area (Å²) in [6.45, 7) is 8.27. The first-order valence-electron chi connectivity index (χ1n) is 9.96. The minimum absolute atomic E-state index is 0.0571. The van der Waals surface area contributed by atoms with E-state index in [1.807, 2.05) is 34.9 Å². The van der Waals surface area contributed by atoms with Crippen molar-refractivity contribution in [3.05, 3.63) is 0 Å². The lowest BCUT2D eigenvalue weighted by Crippen LogP contribution is -2.38. The van der Waals surface area contributed by atoms with E-state index in [4.69, 9.17) is 4.74 Å². The molecule has 0 aromatic heterocycles. The number of hydrogen-bond donors (Lipinski definition) is 3. The molecule has 2 unspecified atom stereocenters. The predicted octanol–water partition coefficient (Wildman–Crippen LogP) is 1.31. The molecule has 0 aromatic rings. The van der Waals surface area contributed by atoms with Crippen LogP contribution in [-0.2, 0) is 14.3 Å². The molecule has 0 fully saturated rings. The molecule has 0 aromatic carbocycles. The van der Waals surface area contributed by atoms with Crippen LogP contribution >= 0.6 is 11.8 Å². The molecule has 8 nitrogen and oxygen atoms in total. The van der Waals surface area contributed by atoms with Crippen LogP contribution in [0.4, 0.5) is 4.79 Å². The van der Waals surface area contributed by atoms with E-state index in [-0.39, 0.29) is 42.9 Å².